The third-order valence-corrected chi connectivity index (χ3v) is 5.98. The largest absolute Gasteiger partial charge is 0.230 e. The molecule has 0 aliphatic carbocycles. The molecule has 0 amide bonds. The Bertz CT molecular complexity index is 617. The van der Waals surface area contributed by atoms with Crippen molar-refractivity contribution in [3.8, 4) is 6.07 Å². The first-order valence-electron chi connectivity index (χ1n) is 6.69. The molecule has 0 spiro atoms. The Kier molecular flexibility index (Phi) is 5.32. The van der Waals surface area contributed by atoms with Gasteiger partial charge in [-0.15, -0.1) is 0 Å². The zero-order valence-corrected chi connectivity index (χ0v) is 13.5. The normalized spacial score (nSPS) is 14.8. The summed E-state index contributed by atoms with van der Waals surface area (Å²) in [5.74, 6) is 0. The highest BCUT2D eigenvalue weighted by Crippen LogP contribution is 2.27. The van der Waals surface area contributed by atoms with Crippen molar-refractivity contribution in [2.45, 2.75) is 45.4 Å². The number of rotatable bonds is 5. The van der Waals surface area contributed by atoms with Gasteiger partial charge in [-0.2, -0.15) is 9.57 Å². The van der Waals surface area contributed by atoms with Crippen LogP contribution < -0.4 is 0 Å². The molecule has 2 atom stereocenters. The first-order chi connectivity index (χ1) is 9.25. The zero-order valence-electron chi connectivity index (χ0n) is 12.7. The van der Waals surface area contributed by atoms with Gasteiger partial charge >= 0.3 is 0 Å². The maximum Gasteiger partial charge on any atom is 0.230 e. The van der Waals surface area contributed by atoms with Crippen LogP contribution in [0.2, 0.25) is 0 Å². The summed E-state index contributed by atoms with van der Waals surface area (Å²) in [4.78, 5) is 0. The molecule has 0 saturated carbocycles. The fraction of sp³-hybridized carbons (Fsp3) is 0.533. The van der Waals surface area contributed by atoms with Crippen molar-refractivity contribution in [3.05, 3.63) is 34.9 Å². The van der Waals surface area contributed by atoms with Crippen molar-refractivity contribution in [2.24, 2.45) is 0 Å². The highest BCUT2D eigenvalue weighted by atomic mass is 32.2. The van der Waals surface area contributed by atoms with Crippen LogP contribution in [0.1, 0.15) is 43.0 Å². The minimum atomic E-state index is -3.61. The third-order valence-electron chi connectivity index (χ3n) is 3.71. The SMILES string of the molecule is CC[C@@H](C#N)S(=O)(=O)N(C)[C@@H](C)c1cc(C)ccc1C. The molecule has 1 aromatic rings. The minimum absolute atomic E-state index is 0.290. The monoisotopic (exact) mass is 294 g/mol. The van der Waals surface area contributed by atoms with Crippen LogP contribution in [-0.2, 0) is 10.0 Å². The van der Waals surface area contributed by atoms with E-state index in [-0.39, 0.29) is 6.04 Å². The highest BCUT2D eigenvalue weighted by Gasteiger charge is 2.32. The quantitative estimate of drug-likeness (QED) is 0.839. The smallest absolute Gasteiger partial charge is 0.211 e. The Balaban J connectivity index is 3.18. The summed E-state index contributed by atoms with van der Waals surface area (Å²) >= 11 is 0. The maximum absolute atomic E-state index is 12.4. The van der Waals surface area contributed by atoms with Gasteiger partial charge in [0.25, 0.3) is 0 Å². The lowest BCUT2D eigenvalue weighted by Gasteiger charge is -2.27. The Hall–Kier alpha value is -1.38. The molecule has 4 nitrogen and oxygen atoms in total. The Morgan fingerprint density at radius 2 is 1.95 bits per heavy atom. The maximum atomic E-state index is 12.4. The van der Waals surface area contributed by atoms with Gasteiger partial charge in [-0.25, -0.2) is 8.42 Å². The lowest BCUT2D eigenvalue weighted by molar-refractivity contribution is 0.393. The summed E-state index contributed by atoms with van der Waals surface area (Å²) in [5, 5.41) is 8.02. The van der Waals surface area contributed by atoms with Crippen LogP contribution in [0.5, 0.6) is 0 Å². The molecule has 1 aromatic carbocycles. The zero-order chi connectivity index (χ0) is 15.5. The summed E-state index contributed by atoms with van der Waals surface area (Å²) in [6.07, 6.45) is 0.294. The van der Waals surface area contributed by atoms with E-state index in [2.05, 4.69) is 0 Å². The number of sulfonamides is 1. The fourth-order valence-corrected chi connectivity index (χ4v) is 3.71. The van der Waals surface area contributed by atoms with Crippen LogP contribution in [0.15, 0.2) is 18.2 Å². The Morgan fingerprint density at radius 3 is 2.45 bits per heavy atom. The molecule has 0 heterocycles. The molecular formula is C15H22N2O2S. The van der Waals surface area contributed by atoms with Crippen molar-refractivity contribution >= 4 is 10.0 Å². The van der Waals surface area contributed by atoms with E-state index in [1.807, 2.05) is 45.0 Å². The van der Waals surface area contributed by atoms with Gasteiger partial charge in [0.15, 0.2) is 5.25 Å². The molecule has 0 aliphatic heterocycles. The van der Waals surface area contributed by atoms with E-state index in [0.29, 0.717) is 6.42 Å². The Labute approximate surface area is 122 Å². The molecule has 0 aliphatic rings. The number of benzene rings is 1. The van der Waals surface area contributed by atoms with Gasteiger partial charge in [0.1, 0.15) is 0 Å². The van der Waals surface area contributed by atoms with Gasteiger partial charge < -0.3 is 0 Å². The van der Waals surface area contributed by atoms with Crippen LogP contribution in [0, 0.1) is 25.2 Å². The lowest BCUT2D eigenvalue weighted by atomic mass is 10.0. The average molecular weight is 294 g/mol. The molecule has 1 rings (SSSR count). The van der Waals surface area contributed by atoms with E-state index in [4.69, 9.17) is 5.26 Å². The Morgan fingerprint density at radius 1 is 1.35 bits per heavy atom. The summed E-state index contributed by atoms with van der Waals surface area (Å²) in [5.41, 5.74) is 3.12. The van der Waals surface area contributed by atoms with Crippen LogP contribution >= 0.6 is 0 Å². The molecule has 0 unspecified atom stereocenters. The molecule has 0 bridgehead atoms. The predicted octanol–water partition coefficient (Wildman–Crippen LogP) is 2.93. The second-order valence-corrected chi connectivity index (χ2v) is 7.30. The van der Waals surface area contributed by atoms with E-state index >= 15 is 0 Å². The number of aryl methyl sites for hydroxylation is 2. The van der Waals surface area contributed by atoms with E-state index in [1.165, 1.54) is 4.31 Å². The van der Waals surface area contributed by atoms with E-state index in [9.17, 15) is 8.42 Å². The number of nitriles is 1. The van der Waals surface area contributed by atoms with Gasteiger partial charge in [0.2, 0.25) is 10.0 Å². The molecule has 0 radical (unpaired) electrons. The summed E-state index contributed by atoms with van der Waals surface area (Å²) in [6.45, 7) is 7.51. The predicted molar refractivity (Wildman–Crippen MR) is 80.7 cm³/mol. The van der Waals surface area contributed by atoms with Crippen LogP contribution in [0.3, 0.4) is 0 Å². The molecular weight excluding hydrogens is 272 g/mol. The van der Waals surface area contributed by atoms with E-state index in [0.717, 1.165) is 16.7 Å². The fourth-order valence-electron chi connectivity index (χ4n) is 2.20. The number of hydrogen-bond acceptors (Lipinski definition) is 3. The highest BCUT2D eigenvalue weighted by molar-refractivity contribution is 7.90. The van der Waals surface area contributed by atoms with Crippen molar-refractivity contribution < 1.29 is 8.42 Å². The molecule has 0 N–H and O–H groups in total. The lowest BCUT2D eigenvalue weighted by Crippen LogP contribution is -2.37. The topological polar surface area (TPSA) is 61.2 Å². The third kappa shape index (κ3) is 3.20. The summed E-state index contributed by atoms with van der Waals surface area (Å²) < 4.78 is 26.1. The summed E-state index contributed by atoms with van der Waals surface area (Å²) in [6, 6.07) is 7.58. The first kappa shape index (κ1) is 16.7. The number of nitrogens with zero attached hydrogens (tertiary/aromatic N) is 2. The van der Waals surface area contributed by atoms with Gasteiger partial charge in [-0.05, 0) is 38.3 Å². The van der Waals surface area contributed by atoms with Gasteiger partial charge in [0, 0.05) is 13.1 Å². The average Bonchev–Trinajstić information content (AvgIpc) is 2.40. The van der Waals surface area contributed by atoms with Crippen molar-refractivity contribution in [3.63, 3.8) is 0 Å². The molecule has 5 heteroatoms. The molecule has 110 valence electrons. The second-order valence-electron chi connectivity index (χ2n) is 5.12. The van der Waals surface area contributed by atoms with Gasteiger partial charge in [-0.1, -0.05) is 30.7 Å². The second kappa shape index (κ2) is 6.38. The van der Waals surface area contributed by atoms with E-state index in [1.54, 1.807) is 14.0 Å². The van der Waals surface area contributed by atoms with Crippen molar-refractivity contribution in [1.29, 1.82) is 5.26 Å². The molecule has 0 saturated heterocycles. The van der Waals surface area contributed by atoms with Gasteiger partial charge in [0.05, 0.1) is 6.07 Å². The van der Waals surface area contributed by atoms with E-state index < -0.39 is 15.3 Å². The van der Waals surface area contributed by atoms with Gasteiger partial charge in [-0.3, -0.25) is 0 Å². The van der Waals surface area contributed by atoms with Crippen LogP contribution in [0.4, 0.5) is 0 Å². The summed E-state index contributed by atoms with van der Waals surface area (Å²) in [7, 11) is -2.06. The first-order valence-corrected chi connectivity index (χ1v) is 8.19. The van der Waals surface area contributed by atoms with Crippen molar-refractivity contribution in [2.75, 3.05) is 7.05 Å². The minimum Gasteiger partial charge on any atom is -0.211 e. The van der Waals surface area contributed by atoms with Crippen LogP contribution in [0.25, 0.3) is 0 Å². The van der Waals surface area contributed by atoms with Crippen molar-refractivity contribution in [1.82, 2.24) is 4.31 Å². The standard InChI is InChI=1S/C15H22N2O2S/c1-6-14(10-16)20(18,19)17(5)13(4)15-9-11(2)7-8-12(15)3/h7-9,13-14H,6H2,1-5H3/t13-,14-/m0/s1. The molecule has 20 heavy (non-hydrogen) atoms. The van der Waals surface area contributed by atoms with Crippen LogP contribution in [-0.4, -0.2) is 25.0 Å². The number of hydrogen-bond donors (Lipinski definition) is 0. The molecule has 0 aromatic heterocycles. The molecule has 0 fully saturated rings.